The summed E-state index contributed by atoms with van der Waals surface area (Å²) >= 11 is 0. The van der Waals surface area contributed by atoms with Crippen molar-refractivity contribution in [3.63, 3.8) is 0 Å². The summed E-state index contributed by atoms with van der Waals surface area (Å²) in [5.74, 6) is 1.07. The van der Waals surface area contributed by atoms with Crippen molar-refractivity contribution in [2.45, 2.75) is 45.6 Å². The summed E-state index contributed by atoms with van der Waals surface area (Å²) in [5.41, 5.74) is 1.83. The van der Waals surface area contributed by atoms with Crippen LogP contribution >= 0.6 is 0 Å². The second-order valence-corrected chi connectivity index (χ2v) is 8.66. The minimum Gasteiger partial charge on any atom is -0.483 e. The highest BCUT2D eigenvalue weighted by atomic mass is 19.4. The summed E-state index contributed by atoms with van der Waals surface area (Å²) in [6.45, 7) is 5.93. The third-order valence-corrected chi connectivity index (χ3v) is 5.50. The van der Waals surface area contributed by atoms with Gasteiger partial charge in [-0.3, -0.25) is 4.79 Å². The van der Waals surface area contributed by atoms with Crippen molar-refractivity contribution in [3.05, 3.63) is 95.3 Å². The highest BCUT2D eigenvalue weighted by molar-refractivity contribution is 5.97. The summed E-state index contributed by atoms with van der Waals surface area (Å²) in [6.07, 6.45) is -4.84. The molecule has 0 radical (unpaired) electrons. The second kappa shape index (κ2) is 9.82. The zero-order valence-corrected chi connectivity index (χ0v) is 19.6. The largest absolute Gasteiger partial charge is 0.483 e. The molecule has 4 rings (SSSR count). The summed E-state index contributed by atoms with van der Waals surface area (Å²) in [4.78, 5) is 17.3. The lowest BCUT2D eigenvalue weighted by Gasteiger charge is -2.17. The van der Waals surface area contributed by atoms with Gasteiger partial charge in [0.15, 0.2) is 11.9 Å². The van der Waals surface area contributed by atoms with E-state index in [1.54, 1.807) is 18.2 Å². The van der Waals surface area contributed by atoms with E-state index in [1.807, 2.05) is 55.7 Å². The van der Waals surface area contributed by atoms with Crippen LogP contribution in [0.1, 0.15) is 54.2 Å². The van der Waals surface area contributed by atoms with Crippen molar-refractivity contribution >= 4 is 16.9 Å². The molecule has 35 heavy (non-hydrogen) atoms. The Labute approximate surface area is 201 Å². The topological polar surface area (TPSA) is 56.1 Å². The molecule has 1 heterocycles. The highest BCUT2D eigenvalue weighted by Crippen LogP contribution is 2.30. The fraction of sp³-hybridized carbons (Fsp3) is 0.259. The van der Waals surface area contributed by atoms with Crippen LogP contribution in [0, 0.1) is 0 Å². The Bertz CT molecular complexity index is 1310. The van der Waals surface area contributed by atoms with E-state index in [-0.39, 0.29) is 11.9 Å². The van der Waals surface area contributed by atoms with Gasteiger partial charge in [-0.2, -0.15) is 13.2 Å². The van der Waals surface area contributed by atoms with Crippen LogP contribution in [0.15, 0.2) is 72.8 Å². The van der Waals surface area contributed by atoms with Gasteiger partial charge in [0.25, 0.3) is 5.91 Å². The van der Waals surface area contributed by atoms with Crippen LogP contribution in [0.2, 0.25) is 0 Å². The molecule has 1 aromatic heterocycles. The summed E-state index contributed by atoms with van der Waals surface area (Å²) in [6, 6.07) is 19.6. The molecule has 0 aliphatic carbocycles. The number of para-hydroxylation sites is 1. The van der Waals surface area contributed by atoms with E-state index >= 15 is 0 Å². The number of halogens is 3. The predicted molar refractivity (Wildman–Crippen MR) is 128 cm³/mol. The fourth-order valence-corrected chi connectivity index (χ4v) is 3.85. The molecule has 8 heteroatoms. The summed E-state index contributed by atoms with van der Waals surface area (Å²) in [5, 5.41) is 2.87. The molecule has 0 aliphatic rings. The maximum atomic E-state index is 13.0. The van der Waals surface area contributed by atoms with Gasteiger partial charge < -0.3 is 14.6 Å². The van der Waals surface area contributed by atoms with E-state index in [0.717, 1.165) is 17.6 Å². The number of amides is 1. The molecule has 1 unspecified atom stereocenters. The number of aromatic nitrogens is 2. The number of hydrogen-bond donors (Lipinski definition) is 1. The Morgan fingerprint density at radius 3 is 2.31 bits per heavy atom. The number of nitrogens with one attached hydrogen (secondary N) is 1. The second-order valence-electron chi connectivity index (χ2n) is 8.66. The minimum absolute atomic E-state index is 0.00900. The Morgan fingerprint density at radius 2 is 1.69 bits per heavy atom. The molecule has 0 saturated carbocycles. The van der Waals surface area contributed by atoms with Crippen LogP contribution < -0.4 is 10.1 Å². The zero-order valence-electron chi connectivity index (χ0n) is 19.6. The van der Waals surface area contributed by atoms with E-state index in [0.29, 0.717) is 34.8 Å². The van der Waals surface area contributed by atoms with Gasteiger partial charge in [-0.25, -0.2) is 4.98 Å². The predicted octanol–water partition coefficient (Wildman–Crippen LogP) is 6.38. The maximum absolute atomic E-state index is 13.0. The molecule has 5 nitrogen and oxygen atoms in total. The van der Waals surface area contributed by atoms with Crippen LogP contribution in [0.4, 0.5) is 13.2 Å². The first kappa shape index (κ1) is 24.3. The van der Waals surface area contributed by atoms with E-state index in [4.69, 9.17) is 9.72 Å². The van der Waals surface area contributed by atoms with Crippen LogP contribution in [0.25, 0.3) is 11.0 Å². The van der Waals surface area contributed by atoms with Crippen molar-refractivity contribution < 1.29 is 22.7 Å². The van der Waals surface area contributed by atoms with E-state index in [2.05, 4.69) is 5.32 Å². The van der Waals surface area contributed by atoms with Crippen LogP contribution in [0.3, 0.4) is 0 Å². The van der Waals surface area contributed by atoms with Gasteiger partial charge in [-0.15, -0.1) is 0 Å². The van der Waals surface area contributed by atoms with Crippen LogP contribution in [-0.4, -0.2) is 21.5 Å². The molecule has 3 aromatic carbocycles. The average molecular weight is 482 g/mol. The number of hydrogen-bond acceptors (Lipinski definition) is 3. The lowest BCUT2D eigenvalue weighted by Crippen LogP contribution is -2.29. The molecular weight excluding hydrogens is 455 g/mol. The van der Waals surface area contributed by atoms with Crippen molar-refractivity contribution in [2.24, 2.45) is 0 Å². The Balaban J connectivity index is 1.73. The molecule has 0 saturated heterocycles. The quantitative estimate of drug-likeness (QED) is 0.333. The molecule has 0 aliphatic heterocycles. The molecule has 182 valence electrons. The van der Waals surface area contributed by atoms with Gasteiger partial charge in [0.05, 0.1) is 16.6 Å². The molecule has 4 aromatic rings. The summed E-state index contributed by atoms with van der Waals surface area (Å²) < 4.78 is 47.0. The Kier molecular flexibility index (Phi) is 6.82. The van der Waals surface area contributed by atoms with Gasteiger partial charge >= 0.3 is 6.18 Å². The monoisotopic (exact) mass is 481 g/mol. The number of rotatable bonds is 7. The van der Waals surface area contributed by atoms with Gasteiger partial charge in [0.1, 0.15) is 5.75 Å². The van der Waals surface area contributed by atoms with Crippen molar-refractivity contribution in [2.75, 3.05) is 0 Å². The number of ether oxygens (including phenoxy) is 1. The third kappa shape index (κ3) is 5.65. The third-order valence-electron chi connectivity index (χ3n) is 5.50. The Hall–Kier alpha value is -3.81. The number of benzene rings is 3. The average Bonchev–Trinajstić information content (AvgIpc) is 3.17. The Morgan fingerprint density at radius 1 is 1.00 bits per heavy atom. The summed E-state index contributed by atoms with van der Waals surface area (Å²) in [7, 11) is 0. The van der Waals surface area contributed by atoms with Crippen LogP contribution in [0.5, 0.6) is 5.75 Å². The number of carbonyl (C=O) groups excluding carboxylic acids is 1. The van der Waals surface area contributed by atoms with Gasteiger partial charge in [-0.1, -0.05) is 30.3 Å². The molecule has 0 spiro atoms. The van der Waals surface area contributed by atoms with E-state index in [9.17, 15) is 18.0 Å². The first-order chi connectivity index (χ1) is 16.6. The van der Waals surface area contributed by atoms with Crippen molar-refractivity contribution in [1.29, 1.82) is 0 Å². The fourth-order valence-electron chi connectivity index (χ4n) is 3.85. The van der Waals surface area contributed by atoms with Gasteiger partial charge in [0, 0.05) is 18.2 Å². The van der Waals surface area contributed by atoms with Gasteiger partial charge in [-0.05, 0) is 68.8 Å². The molecular formula is C27H26F3N3O2. The lowest BCUT2D eigenvalue weighted by molar-refractivity contribution is -0.137. The lowest BCUT2D eigenvalue weighted by atomic mass is 10.1. The van der Waals surface area contributed by atoms with Crippen molar-refractivity contribution in [1.82, 2.24) is 14.9 Å². The van der Waals surface area contributed by atoms with Gasteiger partial charge in [0.2, 0.25) is 0 Å². The number of nitrogens with zero attached hydrogens (tertiary/aromatic N) is 2. The normalized spacial score (nSPS) is 12.7. The van der Waals surface area contributed by atoms with E-state index in [1.165, 1.54) is 12.1 Å². The standard InChI is InChI=1S/C27H26F3N3O2/c1-17(2)31-26(34)20-11-14-24-23(15-20)32-25(18(3)35-22-7-5-4-6-8-22)33(24)16-19-9-12-21(13-10-19)27(28,29)30/h4-15,17-18H,16H2,1-3H3,(H,31,34). The number of imidazole rings is 1. The smallest absolute Gasteiger partial charge is 0.416 e. The molecule has 0 fully saturated rings. The van der Waals surface area contributed by atoms with Crippen molar-refractivity contribution in [3.8, 4) is 5.75 Å². The molecule has 0 bridgehead atoms. The SMILES string of the molecule is CC(C)NC(=O)c1ccc2c(c1)nc(C(C)Oc1ccccc1)n2Cc1ccc(C(F)(F)F)cc1. The first-order valence-electron chi connectivity index (χ1n) is 11.3. The first-order valence-corrected chi connectivity index (χ1v) is 11.3. The number of fused-ring (bicyclic) bond motifs is 1. The zero-order chi connectivity index (χ0) is 25.2. The maximum Gasteiger partial charge on any atom is 0.416 e. The van der Waals surface area contributed by atoms with Crippen LogP contribution in [-0.2, 0) is 12.7 Å². The molecule has 1 atom stereocenters. The molecule has 1 amide bonds. The highest BCUT2D eigenvalue weighted by Gasteiger charge is 2.30. The van der Waals surface area contributed by atoms with E-state index < -0.39 is 17.8 Å². The number of alkyl halides is 3. The molecule has 1 N–H and O–H groups in total. The number of carbonyl (C=O) groups is 1. The minimum atomic E-state index is -4.39.